The van der Waals surface area contributed by atoms with E-state index in [0.29, 0.717) is 6.54 Å². The van der Waals surface area contributed by atoms with Crippen LogP contribution in [0, 0.1) is 11.8 Å². The summed E-state index contributed by atoms with van der Waals surface area (Å²) in [7, 11) is 2.13. The second kappa shape index (κ2) is 9.52. The topological polar surface area (TPSA) is 35.6 Å². The van der Waals surface area contributed by atoms with Crippen LogP contribution in [0.15, 0.2) is 24.3 Å². The number of rotatable bonds is 6. The third-order valence-electron chi connectivity index (χ3n) is 6.27. The largest absolute Gasteiger partial charge is 0.352 e. The lowest BCUT2D eigenvalue weighted by Crippen LogP contribution is -2.38. The molecule has 2 fully saturated rings. The molecule has 0 aliphatic carbocycles. The lowest BCUT2D eigenvalue weighted by Gasteiger charge is -2.31. The summed E-state index contributed by atoms with van der Waals surface area (Å²) in [6.07, 6.45) is 5.98. The van der Waals surface area contributed by atoms with E-state index in [1.807, 2.05) is 0 Å². The highest BCUT2D eigenvalue weighted by Crippen LogP contribution is 2.21. The first kappa shape index (κ1) is 19.4. The summed E-state index contributed by atoms with van der Waals surface area (Å²) in [5, 5.41) is 3.13. The number of piperidine rings is 2. The number of likely N-dealkylation sites (tertiary alicyclic amines) is 2. The Hall–Kier alpha value is -1.39. The van der Waals surface area contributed by atoms with Crippen LogP contribution in [0.5, 0.6) is 0 Å². The van der Waals surface area contributed by atoms with Crippen molar-refractivity contribution >= 4 is 5.91 Å². The zero-order chi connectivity index (χ0) is 18.4. The van der Waals surface area contributed by atoms with Crippen molar-refractivity contribution in [2.45, 2.75) is 52.1 Å². The van der Waals surface area contributed by atoms with Crippen molar-refractivity contribution in [2.75, 3.05) is 33.2 Å². The van der Waals surface area contributed by atoms with Crippen LogP contribution in [0.4, 0.5) is 0 Å². The number of hydrogen-bond donors (Lipinski definition) is 1. The molecule has 0 spiro atoms. The third-order valence-corrected chi connectivity index (χ3v) is 6.27. The summed E-state index contributed by atoms with van der Waals surface area (Å²) in [4.78, 5) is 17.2. The second-order valence-electron chi connectivity index (χ2n) is 8.24. The summed E-state index contributed by atoms with van der Waals surface area (Å²) in [6.45, 7) is 8.53. The van der Waals surface area contributed by atoms with Crippen LogP contribution >= 0.6 is 0 Å². The summed E-state index contributed by atoms with van der Waals surface area (Å²) in [5.74, 6) is 1.35. The fourth-order valence-corrected chi connectivity index (χ4v) is 4.18. The average molecular weight is 358 g/mol. The van der Waals surface area contributed by atoms with Crippen LogP contribution in [0.3, 0.4) is 0 Å². The molecule has 2 aliphatic heterocycles. The third kappa shape index (κ3) is 5.55. The maximum Gasteiger partial charge on any atom is 0.223 e. The van der Waals surface area contributed by atoms with Crippen LogP contribution in [0.2, 0.25) is 0 Å². The number of carbonyl (C=O) groups is 1. The SMILES string of the molecule is CCC1CCN(Cc2ccc(CNC(=O)C3CCN(C)CC3)cc2)CC1. The predicted octanol–water partition coefficient (Wildman–Crippen LogP) is 3.27. The zero-order valence-electron chi connectivity index (χ0n) is 16.5. The maximum atomic E-state index is 12.3. The molecule has 4 heteroatoms. The van der Waals surface area contributed by atoms with Gasteiger partial charge in [0.15, 0.2) is 0 Å². The van der Waals surface area contributed by atoms with Gasteiger partial charge in [-0.1, -0.05) is 37.6 Å². The van der Waals surface area contributed by atoms with Gasteiger partial charge in [-0.15, -0.1) is 0 Å². The average Bonchev–Trinajstić information content (AvgIpc) is 2.68. The molecule has 3 rings (SSSR count). The van der Waals surface area contributed by atoms with Gasteiger partial charge in [0.05, 0.1) is 0 Å². The van der Waals surface area contributed by atoms with E-state index in [4.69, 9.17) is 0 Å². The Balaban J connectivity index is 1.41. The second-order valence-corrected chi connectivity index (χ2v) is 8.24. The van der Waals surface area contributed by atoms with Crippen molar-refractivity contribution in [1.29, 1.82) is 0 Å². The lowest BCUT2D eigenvalue weighted by molar-refractivity contribution is -0.126. The van der Waals surface area contributed by atoms with Gasteiger partial charge < -0.3 is 10.2 Å². The quantitative estimate of drug-likeness (QED) is 0.849. The van der Waals surface area contributed by atoms with Gasteiger partial charge in [-0.05, 0) is 76.0 Å². The van der Waals surface area contributed by atoms with Crippen LogP contribution in [0.25, 0.3) is 0 Å². The minimum Gasteiger partial charge on any atom is -0.352 e. The van der Waals surface area contributed by atoms with Crippen molar-refractivity contribution in [3.05, 3.63) is 35.4 Å². The summed E-state index contributed by atoms with van der Waals surface area (Å²) in [5.41, 5.74) is 2.57. The molecule has 4 nitrogen and oxygen atoms in total. The molecular weight excluding hydrogens is 322 g/mol. The van der Waals surface area contributed by atoms with E-state index in [-0.39, 0.29) is 11.8 Å². The Morgan fingerprint density at radius 3 is 2.23 bits per heavy atom. The highest BCUT2D eigenvalue weighted by Gasteiger charge is 2.23. The first-order valence-electron chi connectivity index (χ1n) is 10.4. The number of carbonyl (C=O) groups excluding carboxylic acids is 1. The molecular formula is C22H35N3O. The van der Waals surface area contributed by atoms with E-state index >= 15 is 0 Å². The number of nitrogens with one attached hydrogen (secondary N) is 1. The van der Waals surface area contributed by atoms with Gasteiger partial charge >= 0.3 is 0 Å². The van der Waals surface area contributed by atoms with Crippen molar-refractivity contribution in [1.82, 2.24) is 15.1 Å². The minimum absolute atomic E-state index is 0.191. The van der Waals surface area contributed by atoms with Gasteiger partial charge in [-0.25, -0.2) is 0 Å². The van der Waals surface area contributed by atoms with Crippen molar-refractivity contribution in [2.24, 2.45) is 11.8 Å². The number of amides is 1. The smallest absolute Gasteiger partial charge is 0.223 e. The molecule has 0 atom stereocenters. The van der Waals surface area contributed by atoms with Gasteiger partial charge in [0.2, 0.25) is 5.91 Å². The van der Waals surface area contributed by atoms with E-state index in [1.165, 1.54) is 43.5 Å². The molecule has 144 valence electrons. The molecule has 0 radical (unpaired) electrons. The summed E-state index contributed by atoms with van der Waals surface area (Å²) >= 11 is 0. The maximum absolute atomic E-state index is 12.3. The first-order chi connectivity index (χ1) is 12.6. The minimum atomic E-state index is 0.191. The fraction of sp³-hybridized carbons (Fsp3) is 0.682. The van der Waals surface area contributed by atoms with Crippen LogP contribution in [-0.2, 0) is 17.9 Å². The fourth-order valence-electron chi connectivity index (χ4n) is 4.18. The van der Waals surface area contributed by atoms with E-state index in [1.54, 1.807) is 0 Å². The molecule has 1 amide bonds. The highest BCUT2D eigenvalue weighted by molar-refractivity contribution is 5.78. The molecule has 2 aliphatic rings. The predicted molar refractivity (Wildman–Crippen MR) is 107 cm³/mol. The van der Waals surface area contributed by atoms with Gasteiger partial charge in [-0.2, -0.15) is 0 Å². The van der Waals surface area contributed by atoms with Crippen LogP contribution in [-0.4, -0.2) is 48.9 Å². The van der Waals surface area contributed by atoms with Gasteiger partial charge in [-0.3, -0.25) is 9.69 Å². The Bertz CT molecular complexity index is 555. The molecule has 26 heavy (non-hydrogen) atoms. The molecule has 1 aromatic rings. The monoisotopic (exact) mass is 357 g/mol. The van der Waals surface area contributed by atoms with Crippen molar-refractivity contribution in [3.8, 4) is 0 Å². The highest BCUT2D eigenvalue weighted by atomic mass is 16.1. The summed E-state index contributed by atoms with van der Waals surface area (Å²) in [6, 6.07) is 8.79. The molecule has 0 unspecified atom stereocenters. The molecule has 2 saturated heterocycles. The zero-order valence-corrected chi connectivity index (χ0v) is 16.5. The Morgan fingerprint density at radius 1 is 1.00 bits per heavy atom. The summed E-state index contributed by atoms with van der Waals surface area (Å²) < 4.78 is 0. The Labute approximate surface area is 158 Å². The van der Waals surface area contributed by atoms with E-state index in [2.05, 4.69) is 53.4 Å². The standard InChI is InChI=1S/C22H35N3O/c1-3-18-8-14-25(15-9-18)17-20-6-4-19(5-7-20)16-23-22(26)21-10-12-24(2)13-11-21/h4-7,18,21H,3,8-17H2,1-2H3,(H,23,26). The van der Waals surface area contributed by atoms with Gasteiger partial charge in [0.1, 0.15) is 0 Å². The van der Waals surface area contributed by atoms with Crippen molar-refractivity contribution < 1.29 is 4.79 Å². The lowest BCUT2D eigenvalue weighted by atomic mass is 9.94. The molecule has 0 bridgehead atoms. The van der Waals surface area contributed by atoms with Gasteiger partial charge in [0.25, 0.3) is 0 Å². The molecule has 0 saturated carbocycles. The Kier molecular flexibility index (Phi) is 7.09. The van der Waals surface area contributed by atoms with Crippen LogP contribution in [0.1, 0.15) is 50.2 Å². The van der Waals surface area contributed by atoms with Crippen LogP contribution < -0.4 is 5.32 Å². The molecule has 1 N–H and O–H groups in total. The van der Waals surface area contributed by atoms with E-state index in [9.17, 15) is 4.79 Å². The van der Waals surface area contributed by atoms with Crippen molar-refractivity contribution in [3.63, 3.8) is 0 Å². The molecule has 1 aromatic carbocycles. The van der Waals surface area contributed by atoms with E-state index < -0.39 is 0 Å². The Morgan fingerprint density at radius 2 is 1.62 bits per heavy atom. The normalized spacial score (nSPS) is 21.0. The molecule has 2 heterocycles. The first-order valence-corrected chi connectivity index (χ1v) is 10.4. The molecule has 0 aromatic heterocycles. The number of hydrogen-bond acceptors (Lipinski definition) is 3. The number of nitrogens with zero attached hydrogens (tertiary/aromatic N) is 2. The van der Waals surface area contributed by atoms with Gasteiger partial charge in [0, 0.05) is 19.0 Å². The van der Waals surface area contributed by atoms with E-state index in [0.717, 1.165) is 38.4 Å². The number of benzene rings is 1.